The summed E-state index contributed by atoms with van der Waals surface area (Å²) in [5, 5.41) is 6.79. The number of sulfonamides is 1. The number of hydrogen-bond acceptors (Lipinski definition) is 5. The number of rotatable bonds is 8. The number of aliphatic imine (C=N–C) groups is 1. The van der Waals surface area contributed by atoms with Crippen molar-refractivity contribution in [3.8, 4) is 0 Å². The Bertz CT molecular complexity index is 805. The van der Waals surface area contributed by atoms with Gasteiger partial charge in [-0.15, -0.1) is 11.3 Å². The fourth-order valence-electron chi connectivity index (χ4n) is 3.46. The standard InChI is InChI=1S/C18H32N4O3S3/c1-5-27(23)16-8-6-7-15(12-16)22-18(19-4)20-9-10-21-28(24,25)17-11-13(2)26-14(17)3/h11,15-16,21H,5-10,12H2,1-4H3,(H2,19,20,22). The Labute approximate surface area is 175 Å². The van der Waals surface area contributed by atoms with Crippen LogP contribution in [0.25, 0.3) is 0 Å². The van der Waals surface area contributed by atoms with Crippen LogP contribution in [0.3, 0.4) is 0 Å². The van der Waals surface area contributed by atoms with E-state index in [1.165, 1.54) is 11.3 Å². The Morgan fingerprint density at radius 2 is 2.07 bits per heavy atom. The van der Waals surface area contributed by atoms with Gasteiger partial charge in [0.25, 0.3) is 0 Å². The average Bonchev–Trinajstić information content (AvgIpc) is 3.02. The van der Waals surface area contributed by atoms with Crippen molar-refractivity contribution in [2.75, 3.05) is 25.9 Å². The highest BCUT2D eigenvalue weighted by molar-refractivity contribution is 7.89. The minimum Gasteiger partial charge on any atom is -0.355 e. The molecule has 28 heavy (non-hydrogen) atoms. The topological polar surface area (TPSA) is 99.7 Å². The highest BCUT2D eigenvalue weighted by atomic mass is 32.2. The van der Waals surface area contributed by atoms with Crippen LogP contribution in [0.4, 0.5) is 0 Å². The summed E-state index contributed by atoms with van der Waals surface area (Å²) in [6.45, 7) is 6.38. The van der Waals surface area contributed by atoms with Crippen LogP contribution in [0.15, 0.2) is 16.0 Å². The molecule has 1 fully saturated rings. The minimum atomic E-state index is -3.50. The monoisotopic (exact) mass is 448 g/mol. The Kier molecular flexibility index (Phi) is 8.91. The maximum absolute atomic E-state index is 12.4. The van der Waals surface area contributed by atoms with Crippen LogP contribution in [0.2, 0.25) is 0 Å². The molecular weight excluding hydrogens is 416 g/mol. The molecule has 1 aliphatic carbocycles. The van der Waals surface area contributed by atoms with Gasteiger partial charge in [0.2, 0.25) is 10.0 Å². The molecule has 0 aromatic carbocycles. The second-order valence-corrected chi connectivity index (χ2v) is 12.2. The molecule has 3 atom stereocenters. The van der Waals surface area contributed by atoms with E-state index >= 15 is 0 Å². The summed E-state index contributed by atoms with van der Waals surface area (Å²) in [6, 6.07) is 1.95. The van der Waals surface area contributed by atoms with Gasteiger partial charge in [-0.3, -0.25) is 9.20 Å². The largest absolute Gasteiger partial charge is 0.355 e. The van der Waals surface area contributed by atoms with Crippen LogP contribution in [-0.4, -0.2) is 55.8 Å². The normalized spacial score (nSPS) is 22.1. The van der Waals surface area contributed by atoms with Gasteiger partial charge >= 0.3 is 0 Å². The van der Waals surface area contributed by atoms with Crippen LogP contribution in [0, 0.1) is 13.8 Å². The molecule has 1 heterocycles. The fraction of sp³-hybridized carbons (Fsp3) is 0.722. The summed E-state index contributed by atoms with van der Waals surface area (Å²) in [4.78, 5) is 6.36. The van der Waals surface area contributed by atoms with E-state index in [0.29, 0.717) is 23.2 Å². The summed E-state index contributed by atoms with van der Waals surface area (Å²) in [5.41, 5.74) is 0. The molecule has 3 N–H and O–H groups in total. The van der Waals surface area contributed by atoms with Gasteiger partial charge in [0.15, 0.2) is 5.96 Å². The lowest BCUT2D eigenvalue weighted by Gasteiger charge is -2.30. The van der Waals surface area contributed by atoms with Crippen molar-refractivity contribution in [2.45, 2.75) is 62.6 Å². The number of hydrogen-bond donors (Lipinski definition) is 3. The number of nitrogens with zero attached hydrogens (tertiary/aromatic N) is 1. The van der Waals surface area contributed by atoms with Gasteiger partial charge < -0.3 is 10.6 Å². The van der Waals surface area contributed by atoms with Crippen LogP contribution in [-0.2, 0) is 20.8 Å². The molecule has 1 aromatic heterocycles. The third-order valence-corrected chi connectivity index (χ3v) is 9.26. The first kappa shape index (κ1) is 23.3. The highest BCUT2D eigenvalue weighted by Gasteiger charge is 2.26. The Morgan fingerprint density at radius 1 is 1.32 bits per heavy atom. The van der Waals surface area contributed by atoms with E-state index in [1.54, 1.807) is 13.1 Å². The van der Waals surface area contributed by atoms with E-state index in [4.69, 9.17) is 0 Å². The molecule has 7 nitrogen and oxygen atoms in total. The van der Waals surface area contributed by atoms with Crippen molar-refractivity contribution in [3.63, 3.8) is 0 Å². The Balaban J connectivity index is 1.79. The molecule has 0 aliphatic heterocycles. The lowest BCUT2D eigenvalue weighted by atomic mass is 9.95. The smallest absolute Gasteiger partial charge is 0.241 e. The summed E-state index contributed by atoms with van der Waals surface area (Å²) in [5.74, 6) is 1.35. The first-order valence-electron chi connectivity index (χ1n) is 9.67. The van der Waals surface area contributed by atoms with Crippen LogP contribution < -0.4 is 15.4 Å². The SMILES string of the molecule is CCS(=O)C1CCCC(NC(=NC)NCCNS(=O)(=O)c2cc(C)sc2C)C1. The lowest BCUT2D eigenvalue weighted by molar-refractivity contribution is 0.413. The van der Waals surface area contributed by atoms with E-state index in [2.05, 4.69) is 20.3 Å². The van der Waals surface area contributed by atoms with Gasteiger partial charge in [0.1, 0.15) is 0 Å². The first-order chi connectivity index (χ1) is 13.3. The summed E-state index contributed by atoms with van der Waals surface area (Å²) in [7, 11) is -2.56. The van der Waals surface area contributed by atoms with Crippen LogP contribution >= 0.6 is 11.3 Å². The molecule has 0 saturated heterocycles. The van der Waals surface area contributed by atoms with Crippen molar-refractivity contribution in [1.82, 2.24) is 15.4 Å². The summed E-state index contributed by atoms with van der Waals surface area (Å²) >= 11 is 1.48. The van der Waals surface area contributed by atoms with Crippen molar-refractivity contribution < 1.29 is 12.6 Å². The van der Waals surface area contributed by atoms with Gasteiger partial charge in [0.05, 0.1) is 4.90 Å². The maximum atomic E-state index is 12.4. The number of nitrogens with one attached hydrogen (secondary N) is 3. The van der Waals surface area contributed by atoms with Crippen molar-refractivity contribution in [3.05, 3.63) is 15.8 Å². The third kappa shape index (κ3) is 6.53. The fourth-order valence-corrected chi connectivity index (χ4v) is 7.39. The molecule has 0 radical (unpaired) electrons. The maximum Gasteiger partial charge on any atom is 0.241 e. The van der Waals surface area contributed by atoms with Crippen molar-refractivity contribution in [1.29, 1.82) is 0 Å². The van der Waals surface area contributed by atoms with E-state index in [-0.39, 0.29) is 17.8 Å². The van der Waals surface area contributed by atoms with Gasteiger partial charge in [0, 0.05) is 57.7 Å². The third-order valence-electron chi connectivity index (χ3n) is 4.84. The lowest BCUT2D eigenvalue weighted by Crippen LogP contribution is -2.48. The van der Waals surface area contributed by atoms with E-state index in [0.717, 1.165) is 35.4 Å². The zero-order chi connectivity index (χ0) is 20.7. The highest BCUT2D eigenvalue weighted by Crippen LogP contribution is 2.24. The van der Waals surface area contributed by atoms with Crippen molar-refractivity contribution in [2.24, 2.45) is 4.99 Å². The molecular formula is C18H32N4O3S3. The van der Waals surface area contributed by atoms with Crippen LogP contribution in [0.5, 0.6) is 0 Å². The number of thiophene rings is 1. The molecule has 1 aliphatic rings. The van der Waals surface area contributed by atoms with Gasteiger partial charge in [-0.05, 0) is 39.2 Å². The first-order valence-corrected chi connectivity index (χ1v) is 13.4. The van der Waals surface area contributed by atoms with Crippen molar-refractivity contribution >= 4 is 38.1 Å². The Morgan fingerprint density at radius 3 is 2.68 bits per heavy atom. The summed E-state index contributed by atoms with van der Waals surface area (Å²) < 4.78 is 39.6. The van der Waals surface area contributed by atoms with Gasteiger partial charge in [-0.25, -0.2) is 13.1 Å². The molecule has 3 unspecified atom stereocenters. The second-order valence-electron chi connectivity index (χ2n) is 6.97. The van der Waals surface area contributed by atoms with Gasteiger partial charge in [-0.2, -0.15) is 0 Å². The average molecular weight is 449 g/mol. The second kappa shape index (κ2) is 10.7. The zero-order valence-corrected chi connectivity index (χ0v) is 19.5. The molecule has 0 spiro atoms. The molecule has 160 valence electrons. The molecule has 0 amide bonds. The van der Waals surface area contributed by atoms with Gasteiger partial charge in [-0.1, -0.05) is 13.3 Å². The molecule has 2 rings (SSSR count). The predicted octanol–water partition coefficient (Wildman–Crippen LogP) is 1.89. The Hall–Kier alpha value is -0.970. The quantitative estimate of drug-likeness (QED) is 0.320. The predicted molar refractivity (Wildman–Crippen MR) is 118 cm³/mol. The number of aryl methyl sites for hydroxylation is 2. The molecule has 1 aromatic rings. The van der Waals surface area contributed by atoms with E-state index < -0.39 is 20.8 Å². The molecule has 0 bridgehead atoms. The summed E-state index contributed by atoms with van der Waals surface area (Å²) in [6.07, 6.45) is 3.99. The number of guanidine groups is 1. The zero-order valence-electron chi connectivity index (χ0n) is 17.1. The molecule has 1 saturated carbocycles. The molecule has 10 heteroatoms. The van der Waals surface area contributed by atoms with Crippen LogP contribution in [0.1, 0.15) is 42.4 Å². The van der Waals surface area contributed by atoms with E-state index in [1.807, 2.05) is 20.8 Å². The minimum absolute atomic E-state index is 0.244. The van der Waals surface area contributed by atoms with E-state index in [9.17, 15) is 12.6 Å².